The molecule has 2 N–H and O–H groups in total. The predicted octanol–water partition coefficient (Wildman–Crippen LogP) is 3.40. The van der Waals surface area contributed by atoms with E-state index in [1.165, 1.54) is 0 Å². The number of anilines is 4. The molecule has 0 aliphatic carbocycles. The highest BCUT2D eigenvalue weighted by Gasteiger charge is 2.17. The zero-order valence-corrected chi connectivity index (χ0v) is 15.9. The first-order valence-electron chi connectivity index (χ1n) is 8.93. The summed E-state index contributed by atoms with van der Waals surface area (Å²) in [6, 6.07) is 11.5. The minimum absolute atomic E-state index is 0.330. The van der Waals surface area contributed by atoms with Gasteiger partial charge in [-0.25, -0.2) is 4.79 Å². The molecule has 1 aliphatic heterocycles. The van der Waals surface area contributed by atoms with Gasteiger partial charge in [0.2, 0.25) is 0 Å². The van der Waals surface area contributed by atoms with E-state index in [1.807, 2.05) is 18.2 Å². The number of rotatable bonds is 4. The van der Waals surface area contributed by atoms with Crippen molar-refractivity contribution in [1.29, 1.82) is 0 Å². The highest BCUT2D eigenvalue weighted by Crippen LogP contribution is 2.28. The molecule has 1 fully saturated rings. The molecule has 1 aliphatic rings. The number of carbonyl (C=O) groups is 1. The fraction of sp³-hybridized carbons (Fsp3) is 0.421. The summed E-state index contributed by atoms with van der Waals surface area (Å²) < 4.78 is 10.6. The highest BCUT2D eigenvalue weighted by molar-refractivity contribution is 5.83. The quantitative estimate of drug-likeness (QED) is 0.851. The molecule has 0 radical (unpaired) electrons. The molecular formula is C19H25N5O3. The van der Waals surface area contributed by atoms with E-state index in [-0.39, 0.29) is 0 Å². The van der Waals surface area contributed by atoms with Gasteiger partial charge in [0, 0.05) is 13.1 Å². The molecule has 0 atom stereocenters. The van der Waals surface area contributed by atoms with Crippen molar-refractivity contribution >= 4 is 29.1 Å². The summed E-state index contributed by atoms with van der Waals surface area (Å²) in [5, 5.41) is 14.0. The molecule has 27 heavy (non-hydrogen) atoms. The van der Waals surface area contributed by atoms with Crippen molar-refractivity contribution in [3.05, 3.63) is 36.4 Å². The standard InChI is InChI=1S/C19H25N5O3/c1-19(2,3)27-18(25)21-17-9-8-16(22-23-17)20-14-6-4-5-7-15(14)24-10-12-26-13-11-24/h4-9H,10-13H2,1-3H3,(H,20,22)(H,21,23,25). The number of hydrogen-bond donors (Lipinski definition) is 2. The average Bonchev–Trinajstić information content (AvgIpc) is 2.63. The summed E-state index contributed by atoms with van der Waals surface area (Å²) in [6.45, 7) is 8.55. The van der Waals surface area contributed by atoms with E-state index >= 15 is 0 Å². The van der Waals surface area contributed by atoms with Gasteiger partial charge >= 0.3 is 6.09 Å². The SMILES string of the molecule is CC(C)(C)OC(=O)Nc1ccc(Nc2ccccc2N2CCOCC2)nn1. The molecule has 8 heteroatoms. The Morgan fingerprint density at radius 3 is 2.41 bits per heavy atom. The molecule has 2 heterocycles. The number of morpholine rings is 1. The minimum Gasteiger partial charge on any atom is -0.444 e. The second-order valence-electron chi connectivity index (χ2n) is 7.17. The Balaban J connectivity index is 1.66. The Hall–Kier alpha value is -2.87. The second-order valence-corrected chi connectivity index (χ2v) is 7.17. The average molecular weight is 371 g/mol. The minimum atomic E-state index is -0.567. The van der Waals surface area contributed by atoms with Crippen LogP contribution < -0.4 is 15.5 Å². The molecule has 0 saturated carbocycles. The van der Waals surface area contributed by atoms with Gasteiger partial charge in [0.1, 0.15) is 5.60 Å². The van der Waals surface area contributed by atoms with Crippen LogP contribution in [0.25, 0.3) is 0 Å². The van der Waals surface area contributed by atoms with E-state index in [0.29, 0.717) is 11.6 Å². The van der Waals surface area contributed by atoms with Crippen molar-refractivity contribution in [3.8, 4) is 0 Å². The lowest BCUT2D eigenvalue weighted by Gasteiger charge is -2.30. The third-order valence-electron chi connectivity index (χ3n) is 3.81. The molecular weight excluding hydrogens is 346 g/mol. The maximum absolute atomic E-state index is 11.8. The first-order valence-corrected chi connectivity index (χ1v) is 8.93. The maximum atomic E-state index is 11.8. The predicted molar refractivity (Wildman–Crippen MR) is 105 cm³/mol. The van der Waals surface area contributed by atoms with Gasteiger partial charge in [0.25, 0.3) is 0 Å². The lowest BCUT2D eigenvalue weighted by molar-refractivity contribution is 0.0635. The van der Waals surface area contributed by atoms with E-state index in [4.69, 9.17) is 9.47 Å². The van der Waals surface area contributed by atoms with E-state index in [2.05, 4.69) is 31.8 Å². The van der Waals surface area contributed by atoms with Gasteiger partial charge < -0.3 is 19.7 Å². The van der Waals surface area contributed by atoms with E-state index < -0.39 is 11.7 Å². The van der Waals surface area contributed by atoms with Gasteiger partial charge in [-0.2, -0.15) is 0 Å². The van der Waals surface area contributed by atoms with Crippen molar-refractivity contribution in [3.63, 3.8) is 0 Å². The molecule has 1 aromatic heterocycles. The highest BCUT2D eigenvalue weighted by atomic mass is 16.6. The van der Waals surface area contributed by atoms with Gasteiger partial charge in [-0.1, -0.05) is 12.1 Å². The Kier molecular flexibility index (Phi) is 5.75. The van der Waals surface area contributed by atoms with Crippen molar-refractivity contribution in [2.45, 2.75) is 26.4 Å². The normalized spacial score (nSPS) is 14.6. The largest absolute Gasteiger partial charge is 0.444 e. The number of aromatic nitrogens is 2. The monoisotopic (exact) mass is 371 g/mol. The molecule has 0 bridgehead atoms. The van der Waals surface area contributed by atoms with Crippen LogP contribution in [0.2, 0.25) is 0 Å². The van der Waals surface area contributed by atoms with E-state index in [0.717, 1.165) is 37.7 Å². The summed E-state index contributed by atoms with van der Waals surface area (Å²) >= 11 is 0. The fourth-order valence-corrected chi connectivity index (χ4v) is 2.67. The van der Waals surface area contributed by atoms with Gasteiger partial charge in [0.05, 0.1) is 24.6 Å². The number of nitrogens with one attached hydrogen (secondary N) is 2. The third-order valence-corrected chi connectivity index (χ3v) is 3.81. The zero-order valence-electron chi connectivity index (χ0n) is 15.9. The number of hydrogen-bond acceptors (Lipinski definition) is 7. The van der Waals surface area contributed by atoms with E-state index in [1.54, 1.807) is 32.9 Å². The topological polar surface area (TPSA) is 88.6 Å². The maximum Gasteiger partial charge on any atom is 0.413 e. The molecule has 1 aromatic carbocycles. The van der Waals surface area contributed by atoms with Crippen LogP contribution in [-0.2, 0) is 9.47 Å². The number of amides is 1. The third kappa shape index (κ3) is 5.55. The van der Waals surface area contributed by atoms with Gasteiger partial charge in [-0.15, -0.1) is 10.2 Å². The Labute approximate surface area is 158 Å². The molecule has 2 aromatic rings. The van der Waals surface area contributed by atoms with Crippen LogP contribution in [0, 0.1) is 0 Å². The van der Waals surface area contributed by atoms with Crippen molar-refractivity contribution < 1.29 is 14.3 Å². The summed E-state index contributed by atoms with van der Waals surface area (Å²) in [6.07, 6.45) is -0.560. The molecule has 1 saturated heterocycles. The van der Waals surface area contributed by atoms with Gasteiger partial charge in [-0.3, -0.25) is 5.32 Å². The molecule has 0 spiro atoms. The fourth-order valence-electron chi connectivity index (χ4n) is 2.67. The summed E-state index contributed by atoms with van der Waals surface area (Å²) in [5.41, 5.74) is 1.47. The lowest BCUT2D eigenvalue weighted by Crippen LogP contribution is -2.36. The Morgan fingerprint density at radius 1 is 1.07 bits per heavy atom. The number of benzene rings is 1. The molecule has 8 nitrogen and oxygen atoms in total. The molecule has 1 amide bonds. The van der Waals surface area contributed by atoms with Crippen LogP contribution in [0.1, 0.15) is 20.8 Å². The Bertz CT molecular complexity index is 768. The summed E-state index contributed by atoms with van der Waals surface area (Å²) in [4.78, 5) is 14.1. The molecule has 3 rings (SSSR count). The van der Waals surface area contributed by atoms with Crippen LogP contribution in [0.4, 0.5) is 27.8 Å². The summed E-state index contributed by atoms with van der Waals surface area (Å²) in [5.74, 6) is 0.918. The molecule has 0 unspecified atom stereocenters. The van der Waals surface area contributed by atoms with Gasteiger partial charge in [-0.05, 0) is 45.0 Å². The van der Waals surface area contributed by atoms with Crippen LogP contribution in [0.5, 0.6) is 0 Å². The molecule has 144 valence electrons. The number of ether oxygens (including phenoxy) is 2. The van der Waals surface area contributed by atoms with Gasteiger partial charge in [0.15, 0.2) is 11.6 Å². The first-order chi connectivity index (χ1) is 12.9. The van der Waals surface area contributed by atoms with Crippen LogP contribution in [-0.4, -0.2) is 48.2 Å². The van der Waals surface area contributed by atoms with Crippen LogP contribution in [0.3, 0.4) is 0 Å². The smallest absolute Gasteiger partial charge is 0.413 e. The lowest BCUT2D eigenvalue weighted by atomic mass is 10.2. The first kappa shape index (κ1) is 18.9. The summed E-state index contributed by atoms with van der Waals surface area (Å²) in [7, 11) is 0. The number of nitrogens with zero attached hydrogens (tertiary/aromatic N) is 3. The van der Waals surface area contributed by atoms with Crippen LogP contribution in [0.15, 0.2) is 36.4 Å². The van der Waals surface area contributed by atoms with E-state index in [9.17, 15) is 4.79 Å². The zero-order chi connectivity index (χ0) is 19.3. The van der Waals surface area contributed by atoms with Crippen molar-refractivity contribution in [1.82, 2.24) is 10.2 Å². The van der Waals surface area contributed by atoms with Crippen molar-refractivity contribution in [2.75, 3.05) is 41.8 Å². The second kappa shape index (κ2) is 8.22. The number of para-hydroxylation sites is 2. The van der Waals surface area contributed by atoms with Crippen LogP contribution >= 0.6 is 0 Å². The van der Waals surface area contributed by atoms with Crippen molar-refractivity contribution in [2.24, 2.45) is 0 Å². The Morgan fingerprint density at radius 2 is 1.74 bits per heavy atom. The number of carbonyl (C=O) groups excluding carboxylic acids is 1.